The SMILES string of the molecule is O=C(c1ccc2c(c1)OCO2)N1CCN(C(=O)C2(C(=O)O)CC2)CC1. The van der Waals surface area contributed by atoms with E-state index in [4.69, 9.17) is 9.47 Å². The van der Waals surface area contributed by atoms with Crippen LogP contribution >= 0.6 is 0 Å². The van der Waals surface area contributed by atoms with Crippen LogP contribution in [0.3, 0.4) is 0 Å². The summed E-state index contributed by atoms with van der Waals surface area (Å²) in [5.41, 5.74) is -0.711. The van der Waals surface area contributed by atoms with Crippen molar-refractivity contribution in [3.05, 3.63) is 23.8 Å². The minimum Gasteiger partial charge on any atom is -0.480 e. The number of amides is 2. The summed E-state index contributed by atoms with van der Waals surface area (Å²) in [5.74, 6) is -0.330. The van der Waals surface area contributed by atoms with E-state index in [1.165, 1.54) is 0 Å². The van der Waals surface area contributed by atoms with Gasteiger partial charge in [0.25, 0.3) is 5.91 Å². The van der Waals surface area contributed by atoms with E-state index < -0.39 is 11.4 Å². The van der Waals surface area contributed by atoms with Crippen LogP contribution in [0.25, 0.3) is 0 Å². The highest BCUT2D eigenvalue weighted by molar-refractivity contribution is 6.05. The second kappa shape index (κ2) is 5.65. The van der Waals surface area contributed by atoms with E-state index in [9.17, 15) is 19.5 Å². The number of benzene rings is 1. The number of aliphatic carboxylic acids is 1. The minimum atomic E-state index is -1.22. The van der Waals surface area contributed by atoms with E-state index in [0.717, 1.165) is 0 Å². The summed E-state index contributed by atoms with van der Waals surface area (Å²) in [6.07, 6.45) is 0.801. The minimum absolute atomic E-state index is 0.134. The van der Waals surface area contributed by atoms with Crippen molar-refractivity contribution in [3.63, 3.8) is 0 Å². The van der Waals surface area contributed by atoms with Crippen molar-refractivity contribution in [2.45, 2.75) is 12.8 Å². The van der Waals surface area contributed by atoms with E-state index in [2.05, 4.69) is 0 Å². The second-order valence-electron chi connectivity index (χ2n) is 6.54. The zero-order valence-electron chi connectivity index (χ0n) is 13.6. The van der Waals surface area contributed by atoms with E-state index in [0.29, 0.717) is 56.1 Å². The topological polar surface area (TPSA) is 96.4 Å². The fraction of sp³-hybridized carbons (Fsp3) is 0.471. The van der Waals surface area contributed by atoms with Crippen LogP contribution in [-0.2, 0) is 9.59 Å². The number of carboxylic acids is 1. The normalized spacial score (nSPS) is 20.3. The van der Waals surface area contributed by atoms with Gasteiger partial charge in [-0.25, -0.2) is 0 Å². The molecule has 132 valence electrons. The Balaban J connectivity index is 1.39. The summed E-state index contributed by atoms with van der Waals surface area (Å²) in [6.45, 7) is 1.62. The Morgan fingerprint density at radius 1 is 0.960 bits per heavy atom. The maximum atomic E-state index is 12.6. The lowest BCUT2D eigenvalue weighted by Gasteiger charge is -2.36. The van der Waals surface area contributed by atoms with Crippen LogP contribution in [0.4, 0.5) is 0 Å². The van der Waals surface area contributed by atoms with Crippen molar-refractivity contribution in [3.8, 4) is 11.5 Å². The Labute approximate surface area is 143 Å². The average molecular weight is 346 g/mol. The lowest BCUT2D eigenvalue weighted by atomic mass is 10.1. The molecule has 0 radical (unpaired) electrons. The molecule has 0 unspecified atom stereocenters. The van der Waals surface area contributed by atoms with Gasteiger partial charge in [-0.2, -0.15) is 0 Å². The summed E-state index contributed by atoms with van der Waals surface area (Å²) in [4.78, 5) is 39.5. The number of carbonyl (C=O) groups is 3. The fourth-order valence-corrected chi connectivity index (χ4v) is 3.27. The molecular weight excluding hydrogens is 328 g/mol. The molecule has 0 spiro atoms. The van der Waals surface area contributed by atoms with Crippen molar-refractivity contribution in [1.29, 1.82) is 0 Å². The molecule has 1 aromatic carbocycles. The molecule has 0 atom stereocenters. The van der Waals surface area contributed by atoms with Crippen molar-refractivity contribution in [1.82, 2.24) is 9.80 Å². The first-order valence-corrected chi connectivity index (χ1v) is 8.23. The first-order chi connectivity index (χ1) is 12.0. The van der Waals surface area contributed by atoms with Gasteiger partial charge in [-0.05, 0) is 31.0 Å². The molecule has 2 aliphatic heterocycles. The Morgan fingerprint density at radius 2 is 1.60 bits per heavy atom. The van der Waals surface area contributed by atoms with Crippen LogP contribution in [0, 0.1) is 5.41 Å². The van der Waals surface area contributed by atoms with Crippen LogP contribution in [0.15, 0.2) is 18.2 Å². The molecular formula is C17H18N2O6. The second-order valence-corrected chi connectivity index (χ2v) is 6.54. The van der Waals surface area contributed by atoms with Gasteiger partial charge in [-0.1, -0.05) is 0 Å². The number of hydrogen-bond donors (Lipinski definition) is 1. The van der Waals surface area contributed by atoms with Crippen molar-refractivity contribution in [2.75, 3.05) is 33.0 Å². The van der Waals surface area contributed by atoms with Gasteiger partial charge in [0.1, 0.15) is 5.41 Å². The highest BCUT2D eigenvalue weighted by atomic mass is 16.7. The molecule has 1 N–H and O–H groups in total. The van der Waals surface area contributed by atoms with Gasteiger partial charge in [0.15, 0.2) is 11.5 Å². The summed E-state index contributed by atoms with van der Waals surface area (Å²) in [5, 5.41) is 9.24. The van der Waals surface area contributed by atoms with Crippen LogP contribution in [-0.4, -0.2) is 65.7 Å². The molecule has 8 nitrogen and oxygen atoms in total. The molecule has 1 saturated heterocycles. The van der Waals surface area contributed by atoms with Crippen LogP contribution in [0.2, 0.25) is 0 Å². The van der Waals surface area contributed by atoms with E-state index >= 15 is 0 Å². The number of carboxylic acid groups (broad SMARTS) is 1. The van der Waals surface area contributed by atoms with E-state index in [-0.39, 0.29) is 18.6 Å². The molecule has 8 heteroatoms. The zero-order valence-corrected chi connectivity index (χ0v) is 13.6. The maximum absolute atomic E-state index is 12.6. The van der Waals surface area contributed by atoms with Crippen molar-refractivity contribution >= 4 is 17.8 Å². The van der Waals surface area contributed by atoms with Gasteiger partial charge in [0, 0.05) is 31.7 Å². The lowest BCUT2D eigenvalue weighted by molar-refractivity contribution is -0.154. The Hall–Kier alpha value is -2.77. The van der Waals surface area contributed by atoms with Gasteiger partial charge in [0.05, 0.1) is 0 Å². The van der Waals surface area contributed by atoms with Crippen LogP contribution < -0.4 is 9.47 Å². The molecule has 2 fully saturated rings. The van der Waals surface area contributed by atoms with Gasteiger partial charge in [0.2, 0.25) is 12.7 Å². The van der Waals surface area contributed by atoms with Gasteiger partial charge in [-0.15, -0.1) is 0 Å². The fourth-order valence-electron chi connectivity index (χ4n) is 3.27. The Kier molecular flexibility index (Phi) is 3.55. The number of fused-ring (bicyclic) bond motifs is 1. The van der Waals surface area contributed by atoms with Gasteiger partial charge >= 0.3 is 5.97 Å². The van der Waals surface area contributed by atoms with Crippen molar-refractivity contribution in [2.24, 2.45) is 5.41 Å². The first kappa shape index (κ1) is 15.7. The molecule has 2 heterocycles. The number of carbonyl (C=O) groups excluding carboxylic acids is 2. The summed E-state index contributed by atoms with van der Waals surface area (Å²) < 4.78 is 10.5. The molecule has 2 amide bonds. The average Bonchev–Trinajstić information content (AvgIpc) is 3.32. The van der Waals surface area contributed by atoms with Crippen LogP contribution in [0.5, 0.6) is 11.5 Å². The number of ether oxygens (including phenoxy) is 2. The highest BCUT2D eigenvalue weighted by Crippen LogP contribution is 2.47. The molecule has 0 aromatic heterocycles. The number of piperazine rings is 1. The monoisotopic (exact) mass is 346 g/mol. The molecule has 3 aliphatic rings. The quantitative estimate of drug-likeness (QED) is 0.804. The van der Waals surface area contributed by atoms with Crippen LogP contribution in [0.1, 0.15) is 23.2 Å². The summed E-state index contributed by atoms with van der Waals surface area (Å²) in [6, 6.07) is 5.06. The molecule has 1 saturated carbocycles. The summed E-state index contributed by atoms with van der Waals surface area (Å²) >= 11 is 0. The number of hydrogen-bond acceptors (Lipinski definition) is 5. The molecule has 4 rings (SSSR count). The number of rotatable bonds is 3. The molecule has 1 aliphatic carbocycles. The molecule has 1 aromatic rings. The maximum Gasteiger partial charge on any atom is 0.319 e. The lowest BCUT2D eigenvalue weighted by Crippen LogP contribution is -2.53. The third-order valence-electron chi connectivity index (χ3n) is 5.04. The van der Waals surface area contributed by atoms with Crippen molar-refractivity contribution < 1.29 is 29.0 Å². The van der Waals surface area contributed by atoms with Gasteiger partial charge in [-0.3, -0.25) is 14.4 Å². The Morgan fingerprint density at radius 3 is 2.24 bits per heavy atom. The standard InChI is InChI=1S/C17H18N2O6/c20-14(11-1-2-12-13(9-11)25-10-24-12)18-5-7-19(8-6-18)15(21)17(3-4-17)16(22)23/h1-2,9H,3-8,10H2,(H,22,23). The highest BCUT2D eigenvalue weighted by Gasteiger charge is 2.58. The first-order valence-electron chi connectivity index (χ1n) is 8.23. The molecule has 0 bridgehead atoms. The smallest absolute Gasteiger partial charge is 0.319 e. The predicted octanol–water partition coefficient (Wildman–Crippen LogP) is 0.564. The third-order valence-corrected chi connectivity index (χ3v) is 5.04. The molecule has 25 heavy (non-hydrogen) atoms. The van der Waals surface area contributed by atoms with E-state index in [1.807, 2.05) is 0 Å². The largest absolute Gasteiger partial charge is 0.480 e. The van der Waals surface area contributed by atoms with E-state index in [1.54, 1.807) is 28.0 Å². The number of nitrogens with zero attached hydrogens (tertiary/aromatic N) is 2. The third kappa shape index (κ3) is 2.57. The van der Waals surface area contributed by atoms with Gasteiger partial charge < -0.3 is 24.4 Å². The zero-order chi connectivity index (χ0) is 17.6. The predicted molar refractivity (Wildman–Crippen MR) is 84.4 cm³/mol. The summed E-state index contributed by atoms with van der Waals surface area (Å²) in [7, 11) is 0. The Bertz CT molecular complexity index is 750.